The smallest absolute Gasteiger partial charge is 0.257 e. The number of hydrogen-bond acceptors (Lipinski definition) is 3. The minimum Gasteiger partial charge on any atom is -0.378 e. The summed E-state index contributed by atoms with van der Waals surface area (Å²) < 4.78 is 27.6. The van der Waals surface area contributed by atoms with E-state index in [2.05, 4.69) is 15.5 Å². The highest BCUT2D eigenvalue weighted by Crippen LogP contribution is 2.12. The van der Waals surface area contributed by atoms with Gasteiger partial charge < -0.3 is 5.32 Å². The zero-order valence-electron chi connectivity index (χ0n) is 10.7. The van der Waals surface area contributed by atoms with Crippen LogP contribution < -0.4 is 5.32 Å². The van der Waals surface area contributed by atoms with E-state index in [-0.39, 0.29) is 19.0 Å². The van der Waals surface area contributed by atoms with E-state index in [1.165, 1.54) is 4.68 Å². The highest BCUT2D eigenvalue weighted by Gasteiger charge is 2.10. The van der Waals surface area contributed by atoms with E-state index in [1.807, 2.05) is 13.2 Å². The molecule has 0 aliphatic carbocycles. The zero-order valence-corrected chi connectivity index (χ0v) is 11.5. The van der Waals surface area contributed by atoms with Crippen LogP contribution >= 0.6 is 12.4 Å². The second-order valence-corrected chi connectivity index (χ2v) is 4.08. The molecule has 2 aromatic rings. The summed E-state index contributed by atoms with van der Waals surface area (Å²) in [6.45, 7) is 1.97. The van der Waals surface area contributed by atoms with Crippen LogP contribution in [0.15, 0.2) is 18.6 Å². The molecule has 0 bridgehead atoms. The molecular weight excluding hydrogens is 276 g/mol. The van der Waals surface area contributed by atoms with E-state index < -0.39 is 6.43 Å². The number of anilines is 1. The Hall–Kier alpha value is -1.63. The molecule has 106 valence electrons. The number of aryl methyl sites for hydroxylation is 1. The third-order valence-corrected chi connectivity index (χ3v) is 2.70. The van der Waals surface area contributed by atoms with Gasteiger partial charge in [0.25, 0.3) is 6.43 Å². The minimum absolute atomic E-state index is 0. The fourth-order valence-electron chi connectivity index (χ4n) is 1.68. The number of rotatable bonds is 5. The van der Waals surface area contributed by atoms with Crippen molar-refractivity contribution in [2.45, 2.75) is 26.4 Å². The van der Waals surface area contributed by atoms with E-state index in [0.717, 1.165) is 16.9 Å². The predicted octanol–water partition coefficient (Wildman–Crippen LogP) is 2.22. The topological polar surface area (TPSA) is 47.7 Å². The lowest BCUT2D eigenvalue weighted by Crippen LogP contribution is -2.10. The van der Waals surface area contributed by atoms with Crippen molar-refractivity contribution in [2.24, 2.45) is 7.05 Å². The summed E-state index contributed by atoms with van der Waals surface area (Å²) in [6, 6.07) is 0. The van der Waals surface area contributed by atoms with Crippen molar-refractivity contribution in [3.05, 3.63) is 29.8 Å². The lowest BCUT2D eigenvalue weighted by Gasteiger charge is -2.05. The van der Waals surface area contributed by atoms with Crippen LogP contribution in [0.5, 0.6) is 0 Å². The Morgan fingerprint density at radius 3 is 2.63 bits per heavy atom. The van der Waals surface area contributed by atoms with Gasteiger partial charge >= 0.3 is 0 Å². The van der Waals surface area contributed by atoms with Crippen LogP contribution in [0.3, 0.4) is 0 Å². The monoisotopic (exact) mass is 291 g/mol. The van der Waals surface area contributed by atoms with Gasteiger partial charge in [-0.25, -0.2) is 8.78 Å². The Bertz CT molecular complexity index is 523. The summed E-state index contributed by atoms with van der Waals surface area (Å²) in [6.07, 6.45) is 2.78. The molecule has 1 N–H and O–H groups in total. The molecule has 0 amide bonds. The first kappa shape index (κ1) is 15.4. The molecule has 5 nitrogen and oxygen atoms in total. The number of halogens is 3. The summed E-state index contributed by atoms with van der Waals surface area (Å²) in [7, 11) is 1.83. The first-order valence-electron chi connectivity index (χ1n) is 5.58. The maximum atomic E-state index is 12.3. The Kier molecular flexibility index (Phi) is 5.29. The zero-order chi connectivity index (χ0) is 13.1. The Morgan fingerprint density at radius 2 is 2.05 bits per heavy atom. The van der Waals surface area contributed by atoms with Crippen molar-refractivity contribution < 1.29 is 8.78 Å². The van der Waals surface area contributed by atoms with Gasteiger partial charge in [-0.15, -0.1) is 12.4 Å². The molecule has 0 spiro atoms. The van der Waals surface area contributed by atoms with E-state index in [1.54, 1.807) is 24.0 Å². The van der Waals surface area contributed by atoms with Crippen molar-refractivity contribution in [2.75, 3.05) is 5.32 Å². The maximum absolute atomic E-state index is 12.3. The average molecular weight is 292 g/mol. The molecule has 0 saturated heterocycles. The van der Waals surface area contributed by atoms with Crippen LogP contribution in [-0.2, 0) is 20.1 Å². The Balaban J connectivity index is 0.00000180. The van der Waals surface area contributed by atoms with Crippen molar-refractivity contribution in [3.8, 4) is 0 Å². The number of aromatic nitrogens is 4. The second-order valence-electron chi connectivity index (χ2n) is 4.08. The second kappa shape index (κ2) is 6.51. The Labute approximate surface area is 116 Å². The first-order chi connectivity index (χ1) is 8.56. The average Bonchev–Trinajstić information content (AvgIpc) is 2.85. The molecule has 8 heteroatoms. The Morgan fingerprint density at radius 1 is 1.32 bits per heavy atom. The standard InChI is InChI=1S/C11H15F2N5.ClH/c1-8-9(4-16-18(8)7-11(12)13)3-14-10-5-15-17(2)6-10;/h4-6,11,14H,3,7H2,1-2H3;1H. The molecule has 2 heterocycles. The van der Waals surface area contributed by atoms with Crippen molar-refractivity contribution in [3.63, 3.8) is 0 Å². The van der Waals surface area contributed by atoms with Gasteiger partial charge in [0.15, 0.2) is 0 Å². The number of alkyl halides is 2. The van der Waals surface area contributed by atoms with E-state index >= 15 is 0 Å². The quantitative estimate of drug-likeness (QED) is 0.919. The third-order valence-electron chi connectivity index (χ3n) is 2.70. The van der Waals surface area contributed by atoms with Gasteiger partial charge in [0.1, 0.15) is 6.54 Å². The minimum atomic E-state index is -2.39. The summed E-state index contributed by atoms with van der Waals surface area (Å²) in [5.74, 6) is 0. The maximum Gasteiger partial charge on any atom is 0.257 e. The molecule has 0 radical (unpaired) electrons. The molecule has 0 aromatic carbocycles. The molecule has 0 aliphatic heterocycles. The van der Waals surface area contributed by atoms with E-state index in [4.69, 9.17) is 0 Å². The molecule has 0 saturated carbocycles. The summed E-state index contributed by atoms with van der Waals surface area (Å²) in [5, 5.41) is 11.1. The van der Waals surface area contributed by atoms with Gasteiger partial charge in [-0.1, -0.05) is 0 Å². The molecular formula is C11H16ClF2N5. The van der Waals surface area contributed by atoms with Crippen LogP contribution in [-0.4, -0.2) is 26.0 Å². The highest BCUT2D eigenvalue weighted by molar-refractivity contribution is 5.85. The van der Waals surface area contributed by atoms with Crippen LogP contribution in [0.2, 0.25) is 0 Å². The molecule has 2 aromatic heterocycles. The van der Waals surface area contributed by atoms with Crippen LogP contribution in [0.1, 0.15) is 11.3 Å². The number of nitrogens with one attached hydrogen (secondary N) is 1. The predicted molar refractivity (Wildman–Crippen MR) is 70.8 cm³/mol. The van der Waals surface area contributed by atoms with Gasteiger partial charge in [0, 0.05) is 31.0 Å². The molecule has 0 aliphatic rings. The van der Waals surface area contributed by atoms with Crippen LogP contribution in [0, 0.1) is 6.92 Å². The summed E-state index contributed by atoms with van der Waals surface area (Å²) >= 11 is 0. The molecule has 0 fully saturated rings. The van der Waals surface area contributed by atoms with Crippen LogP contribution in [0.4, 0.5) is 14.5 Å². The van der Waals surface area contributed by atoms with Gasteiger partial charge in [0.2, 0.25) is 0 Å². The largest absolute Gasteiger partial charge is 0.378 e. The van der Waals surface area contributed by atoms with Crippen molar-refractivity contribution in [1.82, 2.24) is 19.6 Å². The van der Waals surface area contributed by atoms with E-state index in [0.29, 0.717) is 6.54 Å². The highest BCUT2D eigenvalue weighted by atomic mass is 35.5. The lowest BCUT2D eigenvalue weighted by molar-refractivity contribution is 0.121. The number of hydrogen-bond donors (Lipinski definition) is 1. The summed E-state index contributed by atoms with van der Waals surface area (Å²) in [5.41, 5.74) is 2.55. The molecule has 19 heavy (non-hydrogen) atoms. The van der Waals surface area contributed by atoms with Crippen molar-refractivity contribution in [1.29, 1.82) is 0 Å². The SMILES string of the molecule is Cc1c(CNc2cnn(C)c2)cnn1CC(F)F.Cl. The van der Waals surface area contributed by atoms with Gasteiger partial charge in [-0.2, -0.15) is 10.2 Å². The van der Waals surface area contributed by atoms with Gasteiger partial charge in [0.05, 0.1) is 18.1 Å². The van der Waals surface area contributed by atoms with Gasteiger partial charge in [-0.05, 0) is 6.92 Å². The third kappa shape index (κ3) is 3.92. The van der Waals surface area contributed by atoms with Gasteiger partial charge in [-0.3, -0.25) is 9.36 Å². The fourth-order valence-corrected chi connectivity index (χ4v) is 1.68. The lowest BCUT2D eigenvalue weighted by atomic mass is 10.2. The first-order valence-corrected chi connectivity index (χ1v) is 5.58. The van der Waals surface area contributed by atoms with Crippen LogP contribution in [0.25, 0.3) is 0 Å². The summed E-state index contributed by atoms with van der Waals surface area (Å²) in [4.78, 5) is 0. The number of nitrogens with zero attached hydrogens (tertiary/aromatic N) is 4. The molecule has 2 rings (SSSR count). The van der Waals surface area contributed by atoms with Crippen molar-refractivity contribution >= 4 is 18.1 Å². The molecule has 0 atom stereocenters. The molecule has 0 unspecified atom stereocenters. The normalized spacial score (nSPS) is 10.6. The van der Waals surface area contributed by atoms with E-state index in [9.17, 15) is 8.78 Å². The fraction of sp³-hybridized carbons (Fsp3) is 0.455.